The molecule has 2 aromatic carbocycles. The molecule has 4 N–H and O–H groups in total. The van der Waals surface area contributed by atoms with Crippen LogP contribution in [0.3, 0.4) is 0 Å². The van der Waals surface area contributed by atoms with E-state index in [-0.39, 0.29) is 52.9 Å². The van der Waals surface area contributed by atoms with Crippen LogP contribution in [0.15, 0.2) is 47.1 Å². The number of benzene rings is 2. The largest absolute Gasteiger partial charge is 0.507 e. The molecule has 6 heteroatoms. The predicted molar refractivity (Wildman–Crippen MR) is 141 cm³/mol. The van der Waals surface area contributed by atoms with Crippen LogP contribution in [0, 0.1) is 0 Å². The quantitative estimate of drug-likeness (QED) is 0.252. The molecule has 0 unspecified atom stereocenters. The van der Waals surface area contributed by atoms with Crippen molar-refractivity contribution in [2.75, 3.05) is 0 Å². The zero-order valence-corrected chi connectivity index (χ0v) is 21.9. The Bertz CT molecular complexity index is 1270. The third kappa shape index (κ3) is 5.76. The van der Waals surface area contributed by atoms with Gasteiger partial charge in [0.15, 0.2) is 17.3 Å². The Morgan fingerprint density at radius 2 is 1.36 bits per heavy atom. The molecule has 6 nitrogen and oxygen atoms in total. The molecule has 0 saturated heterocycles. The molecule has 0 bridgehead atoms. The molecule has 0 amide bonds. The zero-order chi connectivity index (χ0) is 26.7. The van der Waals surface area contributed by atoms with Gasteiger partial charge in [0.1, 0.15) is 28.9 Å². The lowest BCUT2D eigenvalue weighted by atomic mass is 9.88. The standard InChI is InChI=1S/C30H36O6/c1-16(2)7-10-19-13-20(14-24(32)27(19)33)25-15-23(31)26-29(35)21(11-8-17(3)4)28(34)22(30(26)36-25)12-9-18(5)6/h7-9,13-14,25,32-35H,10-12,15H2,1-6H3/t25-/m0/s1. The first-order chi connectivity index (χ1) is 16.9. The second kappa shape index (κ2) is 10.9. The summed E-state index contributed by atoms with van der Waals surface area (Å²) in [6, 6.07) is 3.11. The van der Waals surface area contributed by atoms with Gasteiger partial charge < -0.3 is 25.2 Å². The van der Waals surface area contributed by atoms with Crippen LogP contribution < -0.4 is 4.74 Å². The van der Waals surface area contributed by atoms with E-state index in [1.165, 1.54) is 6.07 Å². The van der Waals surface area contributed by atoms with Crippen LogP contribution in [-0.2, 0) is 19.3 Å². The number of rotatable bonds is 7. The predicted octanol–water partition coefficient (Wildman–Crippen LogP) is 6.74. The smallest absolute Gasteiger partial charge is 0.174 e. The van der Waals surface area contributed by atoms with Crippen molar-refractivity contribution in [2.45, 2.75) is 73.3 Å². The number of phenolic OH excluding ortho intramolecular Hbond substituents is 4. The van der Waals surface area contributed by atoms with Crippen LogP contribution in [-0.4, -0.2) is 26.2 Å². The molecule has 0 radical (unpaired) electrons. The minimum atomic E-state index is -0.755. The monoisotopic (exact) mass is 492 g/mol. The number of Topliss-reactive ketones (excluding diaryl/α,β-unsaturated/α-hetero) is 1. The van der Waals surface area contributed by atoms with Gasteiger partial charge in [-0.25, -0.2) is 0 Å². The number of ketones is 1. The third-order valence-electron chi connectivity index (χ3n) is 6.23. The van der Waals surface area contributed by atoms with Crippen molar-refractivity contribution in [3.63, 3.8) is 0 Å². The van der Waals surface area contributed by atoms with Crippen molar-refractivity contribution in [3.8, 4) is 28.7 Å². The Morgan fingerprint density at radius 1 is 0.806 bits per heavy atom. The number of phenols is 4. The van der Waals surface area contributed by atoms with E-state index < -0.39 is 6.10 Å². The second-order valence-electron chi connectivity index (χ2n) is 10.1. The molecule has 0 aromatic heterocycles. The maximum Gasteiger partial charge on any atom is 0.174 e. The van der Waals surface area contributed by atoms with E-state index in [1.54, 1.807) is 6.07 Å². The number of ether oxygens (including phenoxy) is 1. The number of aromatic hydroxyl groups is 4. The summed E-state index contributed by atoms with van der Waals surface area (Å²) in [5.41, 5.74) is 4.98. The first-order valence-corrected chi connectivity index (χ1v) is 12.1. The van der Waals surface area contributed by atoms with E-state index in [0.717, 1.165) is 16.7 Å². The number of carbonyl (C=O) groups is 1. The SMILES string of the molecule is CC(C)=CCc1cc([C@@H]2CC(=O)c3c(O)c(CC=C(C)C)c(O)c(CC=C(C)C)c3O2)cc(O)c1O. The fourth-order valence-corrected chi connectivity index (χ4v) is 4.19. The average Bonchev–Trinajstić information content (AvgIpc) is 2.78. The molecule has 0 fully saturated rings. The average molecular weight is 493 g/mol. The summed E-state index contributed by atoms with van der Waals surface area (Å²) in [6.45, 7) is 11.6. The Hall–Kier alpha value is -3.67. The lowest BCUT2D eigenvalue weighted by Crippen LogP contribution is -2.22. The van der Waals surface area contributed by atoms with Gasteiger partial charge in [0, 0.05) is 16.7 Å². The fraction of sp³-hybridized carbons (Fsp3) is 0.367. The van der Waals surface area contributed by atoms with Gasteiger partial charge in [0.2, 0.25) is 0 Å². The van der Waals surface area contributed by atoms with E-state index in [2.05, 4.69) is 0 Å². The van der Waals surface area contributed by atoms with Gasteiger partial charge in [0.25, 0.3) is 0 Å². The highest BCUT2D eigenvalue weighted by Gasteiger charge is 2.36. The lowest BCUT2D eigenvalue weighted by molar-refractivity contribution is 0.0841. The summed E-state index contributed by atoms with van der Waals surface area (Å²) in [6.07, 6.45) is 5.96. The number of allylic oxidation sites excluding steroid dienone is 6. The summed E-state index contributed by atoms with van der Waals surface area (Å²) in [4.78, 5) is 13.4. The molecule has 1 aliphatic heterocycles. The zero-order valence-electron chi connectivity index (χ0n) is 21.9. The van der Waals surface area contributed by atoms with Crippen molar-refractivity contribution >= 4 is 5.78 Å². The Morgan fingerprint density at radius 3 is 1.94 bits per heavy atom. The highest BCUT2D eigenvalue weighted by molar-refractivity contribution is 6.04. The highest BCUT2D eigenvalue weighted by Crippen LogP contribution is 2.49. The van der Waals surface area contributed by atoms with Crippen molar-refractivity contribution in [3.05, 3.63) is 74.9 Å². The van der Waals surface area contributed by atoms with E-state index >= 15 is 0 Å². The van der Waals surface area contributed by atoms with Gasteiger partial charge in [-0.05, 0) is 78.5 Å². The molecule has 1 atom stereocenters. The molecule has 36 heavy (non-hydrogen) atoms. The van der Waals surface area contributed by atoms with E-state index in [1.807, 2.05) is 59.8 Å². The molecule has 1 aliphatic rings. The number of carbonyl (C=O) groups excluding carboxylic acids is 1. The first kappa shape index (κ1) is 26.9. The summed E-state index contributed by atoms with van der Waals surface area (Å²) >= 11 is 0. The second-order valence-corrected chi connectivity index (χ2v) is 10.1. The summed E-state index contributed by atoms with van der Waals surface area (Å²) < 4.78 is 6.28. The van der Waals surface area contributed by atoms with Gasteiger partial charge in [-0.3, -0.25) is 4.79 Å². The fourth-order valence-electron chi connectivity index (χ4n) is 4.19. The Labute approximate surface area is 212 Å². The molecule has 0 saturated carbocycles. The van der Waals surface area contributed by atoms with Crippen LogP contribution in [0.5, 0.6) is 28.7 Å². The minimum Gasteiger partial charge on any atom is -0.507 e. The highest BCUT2D eigenvalue weighted by atomic mass is 16.5. The maximum absolute atomic E-state index is 13.4. The van der Waals surface area contributed by atoms with Gasteiger partial charge in [-0.15, -0.1) is 0 Å². The van der Waals surface area contributed by atoms with Crippen LogP contribution in [0.1, 0.15) is 86.7 Å². The van der Waals surface area contributed by atoms with Crippen molar-refractivity contribution < 1.29 is 30.0 Å². The molecule has 0 spiro atoms. The van der Waals surface area contributed by atoms with Crippen molar-refractivity contribution in [2.24, 2.45) is 0 Å². The van der Waals surface area contributed by atoms with Crippen molar-refractivity contribution in [1.29, 1.82) is 0 Å². The van der Waals surface area contributed by atoms with Crippen LogP contribution in [0.2, 0.25) is 0 Å². The van der Waals surface area contributed by atoms with Crippen LogP contribution in [0.4, 0.5) is 0 Å². The summed E-state index contributed by atoms with van der Waals surface area (Å²) in [7, 11) is 0. The normalized spacial score (nSPS) is 14.5. The van der Waals surface area contributed by atoms with Gasteiger partial charge in [-0.2, -0.15) is 0 Å². The third-order valence-corrected chi connectivity index (χ3v) is 6.23. The number of fused-ring (bicyclic) bond motifs is 1. The van der Waals surface area contributed by atoms with E-state index in [0.29, 0.717) is 35.1 Å². The molecule has 0 aliphatic carbocycles. The summed E-state index contributed by atoms with van der Waals surface area (Å²) in [5, 5.41) is 42.9. The van der Waals surface area contributed by atoms with Gasteiger partial charge >= 0.3 is 0 Å². The summed E-state index contributed by atoms with van der Waals surface area (Å²) in [5.74, 6) is -1.01. The van der Waals surface area contributed by atoms with Crippen molar-refractivity contribution in [1.82, 2.24) is 0 Å². The van der Waals surface area contributed by atoms with Crippen LogP contribution in [0.25, 0.3) is 0 Å². The number of hydrogen-bond acceptors (Lipinski definition) is 6. The lowest BCUT2D eigenvalue weighted by Gasteiger charge is -2.30. The molecule has 1 heterocycles. The van der Waals surface area contributed by atoms with Gasteiger partial charge in [-0.1, -0.05) is 34.9 Å². The molecule has 3 rings (SSSR count). The topological polar surface area (TPSA) is 107 Å². The maximum atomic E-state index is 13.4. The first-order valence-electron chi connectivity index (χ1n) is 12.1. The number of hydrogen-bond donors (Lipinski definition) is 4. The Kier molecular flexibility index (Phi) is 8.18. The van der Waals surface area contributed by atoms with Gasteiger partial charge in [0.05, 0.1) is 6.42 Å². The molecule has 192 valence electrons. The molecular weight excluding hydrogens is 456 g/mol. The van der Waals surface area contributed by atoms with Crippen LogP contribution >= 0.6 is 0 Å². The van der Waals surface area contributed by atoms with E-state index in [4.69, 9.17) is 4.74 Å². The Balaban J connectivity index is 2.15. The molecular formula is C30H36O6. The molecule has 2 aromatic rings. The minimum absolute atomic E-state index is 0.0538. The van der Waals surface area contributed by atoms with E-state index in [9.17, 15) is 25.2 Å².